The van der Waals surface area contributed by atoms with Crippen LogP contribution in [0, 0.1) is 0 Å². The second kappa shape index (κ2) is 14.1. The van der Waals surface area contributed by atoms with Crippen LogP contribution in [0.3, 0.4) is 0 Å². The van der Waals surface area contributed by atoms with Gasteiger partial charge in [-0.1, -0.05) is 18.2 Å². The molecule has 0 bridgehead atoms. The average molecular weight is 636 g/mol. The summed E-state index contributed by atoms with van der Waals surface area (Å²) < 4.78 is 36.7. The summed E-state index contributed by atoms with van der Waals surface area (Å²) in [5.74, 6) is -0.143. The molecule has 2 rings (SSSR count). The predicted octanol–water partition coefficient (Wildman–Crippen LogP) is 5.08. The summed E-state index contributed by atoms with van der Waals surface area (Å²) in [6.07, 6.45) is 0.437. The number of benzene rings is 2. The van der Waals surface area contributed by atoms with E-state index in [1.165, 1.54) is 12.1 Å². The highest BCUT2D eigenvalue weighted by molar-refractivity contribution is 9.11. The van der Waals surface area contributed by atoms with E-state index in [1.54, 1.807) is 30.3 Å². The lowest BCUT2D eigenvalue weighted by molar-refractivity contribution is -0.111. The van der Waals surface area contributed by atoms with Gasteiger partial charge in [-0.05, 0) is 84.1 Å². The minimum atomic E-state index is -4.16. The molecule has 1 N–H and O–H groups in total. The molecular weight excluding hydrogens is 607 g/mol. The molecular formula is C23H29Br2N2O7P. The Morgan fingerprint density at radius 1 is 1.11 bits per heavy atom. The van der Waals surface area contributed by atoms with Gasteiger partial charge in [-0.15, -0.1) is 0 Å². The summed E-state index contributed by atoms with van der Waals surface area (Å²) in [5, 5.41) is 2.64. The Hall–Kier alpha value is -1.75. The van der Waals surface area contributed by atoms with E-state index in [0.717, 1.165) is 0 Å². The normalized spacial score (nSPS) is 13.8. The highest BCUT2D eigenvalue weighted by Crippen LogP contribution is 2.49. The Morgan fingerprint density at radius 3 is 2.29 bits per heavy atom. The number of aldehydes is 1. The van der Waals surface area contributed by atoms with Crippen molar-refractivity contribution in [2.24, 2.45) is 0 Å². The Balaban J connectivity index is 2.29. The van der Waals surface area contributed by atoms with Crippen LogP contribution in [0.5, 0.6) is 11.5 Å². The summed E-state index contributed by atoms with van der Waals surface area (Å²) in [6, 6.07) is 10.4. The van der Waals surface area contributed by atoms with E-state index in [2.05, 4.69) is 36.9 Å². The second-order valence-corrected chi connectivity index (χ2v) is 11.3. The topological polar surface area (TPSA) is 103 Å². The summed E-state index contributed by atoms with van der Waals surface area (Å²) in [7, 11) is -0.408. The van der Waals surface area contributed by atoms with Gasteiger partial charge in [0.2, 0.25) is 0 Å². The predicted molar refractivity (Wildman–Crippen MR) is 140 cm³/mol. The first-order chi connectivity index (χ1) is 16.5. The molecule has 0 saturated carbocycles. The van der Waals surface area contributed by atoms with E-state index in [4.69, 9.17) is 18.5 Å². The maximum Gasteiger partial charge on any atom is 0.513 e. The summed E-state index contributed by atoms with van der Waals surface area (Å²) >= 11 is 6.72. The van der Waals surface area contributed by atoms with Crippen molar-refractivity contribution in [1.29, 1.82) is 0 Å². The van der Waals surface area contributed by atoms with Gasteiger partial charge in [-0.25, -0.2) is 9.36 Å². The first kappa shape index (κ1) is 29.5. The fraction of sp³-hybridized carbons (Fsp3) is 0.391. The van der Waals surface area contributed by atoms with Gasteiger partial charge in [-0.3, -0.25) is 0 Å². The summed E-state index contributed by atoms with van der Waals surface area (Å²) in [5.41, 5.74) is 0.262. The third-order valence-electron chi connectivity index (χ3n) is 4.28. The Morgan fingerprint density at radius 2 is 1.74 bits per heavy atom. The molecule has 12 heteroatoms. The van der Waals surface area contributed by atoms with Crippen LogP contribution in [0.4, 0.5) is 0 Å². The van der Waals surface area contributed by atoms with Gasteiger partial charge in [0.25, 0.3) is 0 Å². The van der Waals surface area contributed by atoms with Crippen molar-refractivity contribution >= 4 is 51.9 Å². The number of nitrogens with one attached hydrogen (secondary N) is 1. The molecule has 1 unspecified atom stereocenters. The zero-order chi connectivity index (χ0) is 26.0. The van der Waals surface area contributed by atoms with Crippen LogP contribution in [-0.4, -0.2) is 63.2 Å². The third kappa shape index (κ3) is 10.0. The van der Waals surface area contributed by atoms with Gasteiger partial charge >= 0.3 is 13.7 Å². The zero-order valence-electron chi connectivity index (χ0n) is 19.9. The molecule has 192 valence electrons. The number of nitrogens with zero attached hydrogens (tertiary/aromatic N) is 1. The van der Waals surface area contributed by atoms with E-state index in [0.29, 0.717) is 21.8 Å². The first-order valence-electron chi connectivity index (χ1n) is 10.7. The lowest BCUT2D eigenvalue weighted by atomic mass is 10.2. The Bertz CT molecular complexity index is 1010. The molecule has 0 aliphatic carbocycles. The number of carbonyl (C=O) groups is 2. The number of carbonyl (C=O) groups excluding carboxylic acids is 2. The molecule has 0 amide bonds. The number of para-hydroxylation sites is 1. The average Bonchev–Trinajstić information content (AvgIpc) is 2.79. The van der Waals surface area contributed by atoms with E-state index in [1.807, 2.05) is 32.8 Å². The third-order valence-corrected chi connectivity index (χ3v) is 6.98. The van der Waals surface area contributed by atoms with Crippen molar-refractivity contribution in [3.05, 3.63) is 57.0 Å². The van der Waals surface area contributed by atoms with Crippen LogP contribution in [0.1, 0.15) is 24.2 Å². The number of halogens is 2. The lowest BCUT2D eigenvalue weighted by Crippen LogP contribution is -2.36. The molecule has 0 aromatic heterocycles. The largest absolute Gasteiger partial charge is 0.513 e. The molecule has 0 aliphatic rings. The fourth-order valence-electron chi connectivity index (χ4n) is 2.59. The van der Waals surface area contributed by atoms with Crippen LogP contribution in [0.25, 0.3) is 0 Å². The molecule has 2 aromatic carbocycles. The Labute approximate surface area is 222 Å². The van der Waals surface area contributed by atoms with Gasteiger partial charge in [0.1, 0.15) is 18.6 Å². The van der Waals surface area contributed by atoms with E-state index in [9.17, 15) is 14.2 Å². The monoisotopic (exact) mass is 634 g/mol. The molecule has 0 aliphatic heterocycles. The van der Waals surface area contributed by atoms with Crippen molar-refractivity contribution in [3.8, 4) is 11.5 Å². The second-order valence-electron chi connectivity index (χ2n) is 7.96. The van der Waals surface area contributed by atoms with Crippen LogP contribution in [0.2, 0.25) is 0 Å². The molecule has 35 heavy (non-hydrogen) atoms. The van der Waals surface area contributed by atoms with Crippen molar-refractivity contribution in [2.75, 3.05) is 33.9 Å². The molecule has 2 aromatic rings. The Kier molecular flexibility index (Phi) is 11.9. The number of hydrogen-bond acceptors (Lipinski definition) is 8. The van der Waals surface area contributed by atoms with Gasteiger partial charge in [0.05, 0.1) is 33.3 Å². The molecule has 2 atom stereocenters. The summed E-state index contributed by atoms with van der Waals surface area (Å²) in [6.45, 7) is 4.42. The van der Waals surface area contributed by atoms with Crippen molar-refractivity contribution in [3.63, 3.8) is 0 Å². The highest BCUT2D eigenvalue weighted by atomic mass is 79.9. The zero-order valence-corrected chi connectivity index (χ0v) is 24.0. The lowest BCUT2D eigenvalue weighted by Gasteiger charge is -2.24. The molecule has 9 nitrogen and oxygen atoms in total. The van der Waals surface area contributed by atoms with Crippen LogP contribution in [0.15, 0.2) is 51.4 Å². The van der Waals surface area contributed by atoms with E-state index < -0.39 is 19.8 Å². The van der Waals surface area contributed by atoms with Crippen LogP contribution >= 0.6 is 39.6 Å². The first-order valence-corrected chi connectivity index (χ1v) is 13.9. The fourth-order valence-corrected chi connectivity index (χ4v) is 5.71. The van der Waals surface area contributed by atoms with Gasteiger partial charge < -0.3 is 28.2 Å². The summed E-state index contributed by atoms with van der Waals surface area (Å²) in [4.78, 5) is 25.9. The number of hydrogen-bond donors (Lipinski definition) is 1. The van der Waals surface area contributed by atoms with Crippen molar-refractivity contribution < 1.29 is 32.7 Å². The minimum Gasteiger partial charge on any atom is -0.461 e. The van der Waals surface area contributed by atoms with Gasteiger partial charge in [-0.2, -0.15) is 5.09 Å². The van der Waals surface area contributed by atoms with Crippen molar-refractivity contribution in [2.45, 2.75) is 26.0 Å². The van der Waals surface area contributed by atoms with Gasteiger partial charge in [0.15, 0.2) is 5.75 Å². The number of esters is 1. The SMILES string of the molecule is CC(C)OC[C@@H](C=O)NP(=O)(Oc1ccccc1)Oc1c(Br)cc(C(=O)OCCN(C)C)cc1Br. The maximum atomic E-state index is 13.8. The molecule has 0 radical (unpaired) electrons. The number of ether oxygens (including phenoxy) is 2. The molecule has 0 spiro atoms. The number of likely N-dealkylation sites (N-methyl/N-ethyl adjacent to an activating group) is 1. The standard InChI is InChI=1S/C23H29Br2N2O7P/c1-16(2)32-15-18(14-28)26-35(30,33-19-8-6-5-7-9-19)34-22-20(24)12-17(13-21(22)25)23(29)31-11-10-27(3)4/h5-9,12-14,16,18H,10-11,15H2,1-4H3,(H,26,30)/t18-,35?/m1/s1. The van der Waals surface area contributed by atoms with Crippen molar-refractivity contribution in [1.82, 2.24) is 9.99 Å². The number of rotatable bonds is 14. The minimum absolute atomic E-state index is 0.0350. The van der Waals surface area contributed by atoms with E-state index in [-0.39, 0.29) is 36.4 Å². The molecule has 0 fully saturated rings. The highest BCUT2D eigenvalue weighted by Gasteiger charge is 2.34. The molecule has 0 heterocycles. The van der Waals surface area contributed by atoms with Gasteiger partial charge in [0, 0.05) is 6.54 Å². The quantitative estimate of drug-likeness (QED) is 0.173. The van der Waals surface area contributed by atoms with Crippen LogP contribution in [-0.2, 0) is 18.8 Å². The molecule has 0 saturated heterocycles. The maximum absolute atomic E-state index is 13.8. The van der Waals surface area contributed by atoms with Crippen LogP contribution < -0.4 is 14.1 Å². The smallest absolute Gasteiger partial charge is 0.461 e. The van der Waals surface area contributed by atoms with E-state index >= 15 is 0 Å².